The summed E-state index contributed by atoms with van der Waals surface area (Å²) >= 11 is 0. The number of hydrogen-bond acceptors (Lipinski definition) is 6. The highest BCUT2D eigenvalue weighted by atomic mass is 16.5. The number of rotatable bonds is 8. The first kappa shape index (κ1) is 20.7. The van der Waals surface area contributed by atoms with E-state index in [4.69, 9.17) is 4.74 Å². The van der Waals surface area contributed by atoms with Gasteiger partial charge in [-0.05, 0) is 41.5 Å². The van der Waals surface area contributed by atoms with Crippen LogP contribution in [0.2, 0.25) is 0 Å². The predicted molar refractivity (Wildman–Crippen MR) is 124 cm³/mol. The maximum absolute atomic E-state index is 12.3. The van der Waals surface area contributed by atoms with Crippen molar-refractivity contribution in [2.24, 2.45) is 0 Å². The summed E-state index contributed by atoms with van der Waals surface area (Å²) in [6, 6.07) is 17.6. The van der Waals surface area contributed by atoms with Gasteiger partial charge in [0.2, 0.25) is 0 Å². The van der Waals surface area contributed by atoms with Crippen molar-refractivity contribution in [3.63, 3.8) is 0 Å². The average Bonchev–Trinajstić information content (AvgIpc) is 3.48. The Kier molecular flexibility index (Phi) is 5.69. The number of hydrogen-bond donors (Lipinski definition) is 2. The molecule has 0 saturated heterocycles. The molecule has 5 rings (SSSR count). The van der Waals surface area contributed by atoms with Gasteiger partial charge in [0.05, 0.1) is 31.2 Å². The summed E-state index contributed by atoms with van der Waals surface area (Å²) in [5, 5.41) is 12.7. The smallest absolute Gasteiger partial charge is 0.354 e. The molecule has 3 aromatic heterocycles. The zero-order valence-corrected chi connectivity index (χ0v) is 18.1. The van der Waals surface area contributed by atoms with Gasteiger partial charge in [-0.2, -0.15) is 4.98 Å². The molecule has 166 valence electrons. The van der Waals surface area contributed by atoms with Gasteiger partial charge < -0.3 is 15.0 Å². The monoisotopic (exact) mass is 441 g/mol. The fraction of sp³-hybridized carbons (Fsp3) is 0.167. The maximum atomic E-state index is 12.3. The topological polar surface area (TPSA) is 103 Å². The molecule has 9 heteroatoms. The van der Waals surface area contributed by atoms with Crippen molar-refractivity contribution in [2.75, 3.05) is 7.11 Å². The Morgan fingerprint density at radius 2 is 1.76 bits per heavy atom. The Balaban J connectivity index is 1.16. The average molecular weight is 441 g/mol. The molecule has 0 saturated carbocycles. The number of nitrogens with one attached hydrogen (secondary N) is 2. The Morgan fingerprint density at radius 3 is 2.55 bits per heavy atom. The van der Waals surface area contributed by atoms with E-state index in [2.05, 4.69) is 25.6 Å². The van der Waals surface area contributed by atoms with Crippen molar-refractivity contribution in [2.45, 2.75) is 19.6 Å². The molecule has 0 aliphatic heterocycles. The lowest BCUT2D eigenvalue weighted by atomic mass is 10.2. The maximum Gasteiger partial charge on any atom is 0.354 e. The number of methoxy groups -OCH3 is 1. The van der Waals surface area contributed by atoms with E-state index < -0.39 is 0 Å². The first-order valence-corrected chi connectivity index (χ1v) is 10.6. The highest BCUT2D eigenvalue weighted by molar-refractivity contribution is 5.74. The summed E-state index contributed by atoms with van der Waals surface area (Å²) in [5.41, 5.74) is 4.17. The lowest BCUT2D eigenvalue weighted by Gasteiger charge is -2.07. The molecule has 0 amide bonds. The third-order valence-corrected chi connectivity index (χ3v) is 5.38. The largest absolute Gasteiger partial charge is 0.497 e. The van der Waals surface area contributed by atoms with Crippen molar-refractivity contribution >= 4 is 11.0 Å². The molecular formula is C24H23N7O2. The molecule has 0 radical (unpaired) electrons. The van der Waals surface area contributed by atoms with Crippen molar-refractivity contribution in [1.29, 1.82) is 0 Å². The molecular weight excluding hydrogens is 418 g/mol. The van der Waals surface area contributed by atoms with Crippen LogP contribution in [0.1, 0.15) is 16.8 Å². The number of nitrogens with zero attached hydrogens (tertiary/aromatic N) is 5. The van der Waals surface area contributed by atoms with Gasteiger partial charge in [-0.3, -0.25) is 4.57 Å². The molecule has 0 aliphatic rings. The van der Waals surface area contributed by atoms with E-state index >= 15 is 0 Å². The van der Waals surface area contributed by atoms with Gasteiger partial charge in [-0.15, -0.1) is 5.10 Å². The Bertz CT molecular complexity index is 1420. The summed E-state index contributed by atoms with van der Waals surface area (Å²) in [5.74, 6) is 0.834. The van der Waals surface area contributed by atoms with E-state index in [1.165, 1.54) is 0 Å². The van der Waals surface area contributed by atoms with Crippen LogP contribution >= 0.6 is 0 Å². The van der Waals surface area contributed by atoms with Crippen LogP contribution in [-0.4, -0.2) is 36.6 Å². The molecule has 0 aliphatic carbocycles. The van der Waals surface area contributed by atoms with E-state index in [0.717, 1.165) is 33.6 Å². The minimum atomic E-state index is -0.312. The van der Waals surface area contributed by atoms with Crippen LogP contribution in [0.3, 0.4) is 0 Å². The molecule has 0 bridgehead atoms. The Morgan fingerprint density at radius 1 is 0.970 bits per heavy atom. The Hall–Kier alpha value is -4.24. The fourth-order valence-corrected chi connectivity index (χ4v) is 3.63. The van der Waals surface area contributed by atoms with Gasteiger partial charge in [0.1, 0.15) is 11.4 Å². The lowest BCUT2D eigenvalue weighted by Crippen LogP contribution is -2.20. The molecule has 9 nitrogen and oxygen atoms in total. The van der Waals surface area contributed by atoms with Gasteiger partial charge in [0, 0.05) is 30.9 Å². The lowest BCUT2D eigenvalue weighted by molar-refractivity contribution is 0.414. The highest BCUT2D eigenvalue weighted by Gasteiger charge is 2.06. The summed E-state index contributed by atoms with van der Waals surface area (Å²) in [6.45, 7) is 1.94. The SMILES string of the molecule is COc1ccc(Cn2cc(CNCc3ccc(-n4cc5cc[nH]c5nc4=O)cc3)nn2)cc1. The fourth-order valence-electron chi connectivity index (χ4n) is 3.63. The minimum Gasteiger partial charge on any atom is -0.497 e. The van der Waals surface area contributed by atoms with Gasteiger partial charge in [0.25, 0.3) is 0 Å². The van der Waals surface area contributed by atoms with Crippen molar-refractivity contribution < 1.29 is 4.74 Å². The van der Waals surface area contributed by atoms with Crippen LogP contribution in [0.5, 0.6) is 5.75 Å². The van der Waals surface area contributed by atoms with Gasteiger partial charge in [0.15, 0.2) is 0 Å². The van der Waals surface area contributed by atoms with E-state index in [9.17, 15) is 4.79 Å². The van der Waals surface area contributed by atoms with Crippen molar-refractivity contribution in [3.8, 4) is 11.4 Å². The molecule has 5 aromatic rings. The summed E-state index contributed by atoms with van der Waals surface area (Å²) < 4.78 is 8.56. The van der Waals surface area contributed by atoms with Gasteiger partial charge >= 0.3 is 5.69 Å². The number of benzene rings is 2. The highest BCUT2D eigenvalue weighted by Crippen LogP contribution is 2.13. The second-order valence-corrected chi connectivity index (χ2v) is 7.70. The van der Waals surface area contributed by atoms with Crippen LogP contribution in [-0.2, 0) is 19.6 Å². The van der Waals surface area contributed by atoms with E-state index in [1.807, 2.05) is 65.5 Å². The van der Waals surface area contributed by atoms with Gasteiger partial charge in [-0.1, -0.05) is 29.5 Å². The van der Waals surface area contributed by atoms with Crippen LogP contribution in [0.4, 0.5) is 0 Å². The zero-order valence-electron chi connectivity index (χ0n) is 18.1. The van der Waals surface area contributed by atoms with Crippen LogP contribution < -0.4 is 15.7 Å². The normalized spacial score (nSPS) is 11.2. The molecule has 0 spiro atoms. The molecule has 2 N–H and O–H groups in total. The van der Waals surface area contributed by atoms with Crippen LogP contribution in [0.15, 0.2) is 78.0 Å². The predicted octanol–water partition coefficient (Wildman–Crippen LogP) is 2.65. The number of H-pyrrole nitrogens is 1. The molecule has 3 heterocycles. The molecule has 0 atom stereocenters. The molecule has 0 unspecified atom stereocenters. The first-order valence-electron chi connectivity index (χ1n) is 10.6. The summed E-state index contributed by atoms with van der Waals surface area (Å²) in [4.78, 5) is 19.3. The first-order chi connectivity index (χ1) is 16.2. The molecule has 2 aromatic carbocycles. The van der Waals surface area contributed by atoms with E-state index in [0.29, 0.717) is 25.3 Å². The zero-order chi connectivity index (χ0) is 22.6. The van der Waals surface area contributed by atoms with Crippen molar-refractivity contribution in [1.82, 2.24) is 34.8 Å². The van der Waals surface area contributed by atoms with Crippen LogP contribution in [0.25, 0.3) is 16.7 Å². The standard InChI is InChI=1S/C24H23N7O2/c1-33-22-8-4-18(5-9-22)14-30-16-20(28-29-30)13-25-12-17-2-6-21(7-3-17)31-15-19-10-11-26-23(19)27-24(31)32/h2-11,15-16,25H,12-14H2,1H3,(H,26,27,32). The minimum absolute atomic E-state index is 0.312. The number of aromatic amines is 1. The second kappa shape index (κ2) is 9.09. The van der Waals surface area contributed by atoms with Crippen molar-refractivity contribution in [3.05, 3.63) is 100 Å². The summed E-state index contributed by atoms with van der Waals surface area (Å²) in [7, 11) is 1.66. The van der Waals surface area contributed by atoms with E-state index in [1.54, 1.807) is 24.1 Å². The molecule has 33 heavy (non-hydrogen) atoms. The third kappa shape index (κ3) is 4.68. The number of ether oxygens (including phenoxy) is 1. The van der Waals surface area contributed by atoms with E-state index in [-0.39, 0.29) is 5.69 Å². The van der Waals surface area contributed by atoms with Crippen LogP contribution in [0, 0.1) is 0 Å². The van der Waals surface area contributed by atoms with Gasteiger partial charge in [-0.25, -0.2) is 9.48 Å². The Labute approximate surface area is 189 Å². The number of fused-ring (bicyclic) bond motifs is 1. The third-order valence-electron chi connectivity index (χ3n) is 5.38. The molecule has 0 fully saturated rings. The second-order valence-electron chi connectivity index (χ2n) is 7.70. The quantitative estimate of drug-likeness (QED) is 0.384. The summed E-state index contributed by atoms with van der Waals surface area (Å²) in [6.07, 6.45) is 5.51. The number of aromatic nitrogens is 6.